The van der Waals surface area contributed by atoms with Gasteiger partial charge in [0.2, 0.25) is 5.91 Å². The van der Waals surface area contributed by atoms with Gasteiger partial charge in [0.15, 0.2) is 5.78 Å². The largest absolute Gasteiger partial charge is 0.497 e. The summed E-state index contributed by atoms with van der Waals surface area (Å²) in [6, 6.07) is 19.7. The molecule has 44 heavy (non-hydrogen) atoms. The molecule has 2 heterocycles. The first-order valence-corrected chi connectivity index (χ1v) is 14.9. The van der Waals surface area contributed by atoms with E-state index in [0.29, 0.717) is 61.6 Å². The number of ether oxygens (including phenoxy) is 1. The summed E-state index contributed by atoms with van der Waals surface area (Å²) in [6.45, 7) is 4.46. The first-order valence-electron chi connectivity index (χ1n) is 14.9. The number of nitrogens with zero attached hydrogens (tertiary/aromatic N) is 3. The highest BCUT2D eigenvalue weighted by molar-refractivity contribution is 6.01. The van der Waals surface area contributed by atoms with Crippen LogP contribution in [0.2, 0.25) is 0 Å². The van der Waals surface area contributed by atoms with Gasteiger partial charge in [0.1, 0.15) is 11.8 Å². The van der Waals surface area contributed by atoms with Crippen LogP contribution in [-0.2, 0) is 4.79 Å². The quantitative estimate of drug-likeness (QED) is 0.214. The molecule has 3 aromatic carbocycles. The van der Waals surface area contributed by atoms with Crippen LogP contribution in [0.25, 0.3) is 0 Å². The minimum atomic E-state index is -1.05. The Bertz CT molecular complexity index is 1470. The molecule has 4 unspecified atom stereocenters. The molecule has 2 saturated heterocycles. The van der Waals surface area contributed by atoms with Gasteiger partial charge in [-0.2, -0.15) is 0 Å². The van der Waals surface area contributed by atoms with Crippen LogP contribution in [0.1, 0.15) is 46.8 Å². The van der Waals surface area contributed by atoms with Crippen molar-refractivity contribution in [3.05, 3.63) is 106 Å². The summed E-state index contributed by atoms with van der Waals surface area (Å²) in [5.74, 6) is -1.54. The number of ketones is 1. The number of nitro groups is 1. The molecule has 11 nitrogen and oxygen atoms in total. The Labute approximate surface area is 256 Å². The normalized spacial score (nSPS) is 21.5. The van der Waals surface area contributed by atoms with Crippen molar-refractivity contribution in [2.45, 2.75) is 31.3 Å². The minimum absolute atomic E-state index is 0.105. The lowest BCUT2D eigenvalue weighted by Crippen LogP contribution is -2.56. The van der Waals surface area contributed by atoms with E-state index in [-0.39, 0.29) is 17.4 Å². The highest BCUT2D eigenvalue weighted by atomic mass is 16.6. The molecular formula is C33H37N5O6. The van der Waals surface area contributed by atoms with Gasteiger partial charge in [0, 0.05) is 56.3 Å². The highest BCUT2D eigenvalue weighted by Crippen LogP contribution is 2.52. The standard InChI is InChI=1S/C33H37N5O6/c1-3-17-35-33(41)37-29(23-11-15-26(44-2)16-12-23)28(31(39)24-7-5-4-6-8-24)27(22-9-13-25(14-10-22)38(42)43)30(37)32(40)36-20-18-34-19-21-36/h4-16,27-30,34H,3,17-21H2,1-2H3,(H,35,41). The fourth-order valence-electron chi connectivity index (χ4n) is 6.31. The number of nitro benzene ring substituents is 1. The number of methoxy groups -OCH3 is 1. The second-order valence-electron chi connectivity index (χ2n) is 11.0. The second kappa shape index (κ2) is 13.7. The maximum atomic E-state index is 14.6. The number of benzene rings is 3. The number of carbonyl (C=O) groups excluding carboxylic acids is 3. The molecule has 0 spiro atoms. The molecule has 0 aliphatic carbocycles. The Morgan fingerprint density at radius 1 is 0.955 bits per heavy atom. The van der Waals surface area contributed by atoms with E-state index in [2.05, 4.69) is 10.6 Å². The third kappa shape index (κ3) is 6.14. The van der Waals surface area contributed by atoms with Crippen LogP contribution in [0.5, 0.6) is 5.75 Å². The van der Waals surface area contributed by atoms with E-state index in [0.717, 1.165) is 0 Å². The van der Waals surface area contributed by atoms with Crippen LogP contribution in [0.4, 0.5) is 10.5 Å². The molecular weight excluding hydrogens is 562 g/mol. The van der Waals surface area contributed by atoms with E-state index in [4.69, 9.17) is 4.74 Å². The maximum Gasteiger partial charge on any atom is 0.318 e. The van der Waals surface area contributed by atoms with E-state index < -0.39 is 34.9 Å². The SMILES string of the molecule is CCCNC(=O)N1C(C(=O)N2CCNCC2)C(c2ccc([N+](=O)[O-])cc2)C(C(=O)c2ccccc2)C1c1ccc(OC)cc1. The van der Waals surface area contributed by atoms with Crippen molar-refractivity contribution < 1.29 is 24.0 Å². The molecule has 3 amide bonds. The number of hydrogen-bond donors (Lipinski definition) is 2. The van der Waals surface area contributed by atoms with Gasteiger partial charge >= 0.3 is 6.03 Å². The molecule has 11 heteroatoms. The van der Waals surface area contributed by atoms with E-state index >= 15 is 0 Å². The van der Waals surface area contributed by atoms with Gasteiger partial charge in [-0.25, -0.2) is 4.79 Å². The lowest BCUT2D eigenvalue weighted by atomic mass is 9.76. The summed E-state index contributed by atoms with van der Waals surface area (Å²) in [4.78, 5) is 57.6. The van der Waals surface area contributed by atoms with Crippen LogP contribution in [0.15, 0.2) is 78.9 Å². The molecule has 2 aliphatic heterocycles. The van der Waals surface area contributed by atoms with Crippen molar-refractivity contribution in [2.24, 2.45) is 5.92 Å². The Hall–Kier alpha value is -4.77. The van der Waals surface area contributed by atoms with Crippen molar-refractivity contribution in [1.82, 2.24) is 20.4 Å². The fourth-order valence-corrected chi connectivity index (χ4v) is 6.31. The number of non-ortho nitro benzene ring substituents is 1. The molecule has 4 atom stereocenters. The monoisotopic (exact) mass is 599 g/mol. The van der Waals surface area contributed by atoms with E-state index in [9.17, 15) is 24.5 Å². The average molecular weight is 600 g/mol. The van der Waals surface area contributed by atoms with Crippen LogP contribution in [0, 0.1) is 16.0 Å². The third-order valence-corrected chi connectivity index (χ3v) is 8.42. The first-order chi connectivity index (χ1) is 21.3. The summed E-state index contributed by atoms with van der Waals surface area (Å²) < 4.78 is 5.38. The molecule has 230 valence electrons. The van der Waals surface area contributed by atoms with Gasteiger partial charge in [0.25, 0.3) is 5.69 Å². The number of piperazine rings is 1. The zero-order valence-corrected chi connectivity index (χ0v) is 24.8. The van der Waals surface area contributed by atoms with Gasteiger partial charge in [-0.15, -0.1) is 0 Å². The second-order valence-corrected chi connectivity index (χ2v) is 11.0. The Morgan fingerprint density at radius 2 is 1.59 bits per heavy atom. The Kier molecular flexibility index (Phi) is 9.54. The number of nitrogens with one attached hydrogen (secondary N) is 2. The van der Waals surface area contributed by atoms with Gasteiger partial charge in [0.05, 0.1) is 24.0 Å². The summed E-state index contributed by atoms with van der Waals surface area (Å²) in [6.07, 6.45) is 0.682. The Morgan fingerprint density at radius 3 is 2.18 bits per heavy atom. The topological polar surface area (TPSA) is 134 Å². The number of likely N-dealkylation sites (tertiary alicyclic amines) is 1. The lowest BCUT2D eigenvalue weighted by Gasteiger charge is -2.36. The predicted octanol–water partition coefficient (Wildman–Crippen LogP) is 4.16. The van der Waals surface area contributed by atoms with Crippen LogP contribution < -0.4 is 15.4 Å². The number of hydrogen-bond acceptors (Lipinski definition) is 7. The van der Waals surface area contributed by atoms with Crippen molar-refractivity contribution in [2.75, 3.05) is 39.8 Å². The van der Waals surface area contributed by atoms with Crippen LogP contribution in [0.3, 0.4) is 0 Å². The number of Topliss-reactive ketones (excluding diaryl/α,β-unsaturated/α-hetero) is 1. The van der Waals surface area contributed by atoms with E-state index in [1.54, 1.807) is 65.4 Å². The zero-order chi connectivity index (χ0) is 31.2. The minimum Gasteiger partial charge on any atom is -0.497 e. The summed E-state index contributed by atoms with van der Waals surface area (Å²) in [5, 5.41) is 17.7. The van der Waals surface area contributed by atoms with Crippen molar-refractivity contribution in [3.8, 4) is 5.75 Å². The molecule has 0 bridgehead atoms. The van der Waals surface area contributed by atoms with E-state index in [1.165, 1.54) is 12.1 Å². The fraction of sp³-hybridized carbons (Fsp3) is 0.364. The van der Waals surface area contributed by atoms with Gasteiger partial charge in [-0.1, -0.05) is 61.5 Å². The smallest absolute Gasteiger partial charge is 0.318 e. The molecule has 2 fully saturated rings. The molecule has 2 aliphatic rings. The number of urea groups is 1. The van der Waals surface area contributed by atoms with Crippen molar-refractivity contribution >= 4 is 23.4 Å². The van der Waals surface area contributed by atoms with Crippen LogP contribution >= 0.6 is 0 Å². The third-order valence-electron chi connectivity index (χ3n) is 8.42. The molecule has 0 aromatic heterocycles. The van der Waals surface area contributed by atoms with Crippen molar-refractivity contribution in [1.29, 1.82) is 0 Å². The number of amides is 3. The van der Waals surface area contributed by atoms with Crippen LogP contribution in [-0.4, -0.2) is 78.3 Å². The summed E-state index contributed by atoms with van der Waals surface area (Å²) in [7, 11) is 1.56. The highest BCUT2D eigenvalue weighted by Gasteiger charge is 2.58. The number of rotatable bonds is 9. The molecule has 0 saturated carbocycles. The first kappa shape index (κ1) is 30.7. The van der Waals surface area contributed by atoms with E-state index in [1.807, 2.05) is 25.1 Å². The summed E-state index contributed by atoms with van der Waals surface area (Å²) >= 11 is 0. The molecule has 5 rings (SSSR count). The van der Waals surface area contributed by atoms with Gasteiger partial charge in [-0.05, 0) is 29.7 Å². The van der Waals surface area contributed by atoms with Gasteiger partial charge < -0.3 is 25.2 Å². The molecule has 2 N–H and O–H groups in total. The average Bonchev–Trinajstić information content (AvgIpc) is 3.43. The lowest BCUT2D eigenvalue weighted by molar-refractivity contribution is -0.384. The summed E-state index contributed by atoms with van der Waals surface area (Å²) in [5.41, 5.74) is 1.59. The zero-order valence-electron chi connectivity index (χ0n) is 24.8. The predicted molar refractivity (Wildman–Crippen MR) is 165 cm³/mol. The van der Waals surface area contributed by atoms with Crippen molar-refractivity contribution in [3.63, 3.8) is 0 Å². The Balaban J connectivity index is 1.75. The van der Waals surface area contributed by atoms with Gasteiger partial charge in [-0.3, -0.25) is 19.7 Å². The number of carbonyl (C=O) groups is 3. The molecule has 0 radical (unpaired) electrons. The molecule has 3 aromatic rings. The maximum absolute atomic E-state index is 14.6.